The van der Waals surface area contributed by atoms with Gasteiger partial charge in [-0.05, 0) is 17.7 Å². The first-order valence-electron chi connectivity index (χ1n) is 5.63. The van der Waals surface area contributed by atoms with Crippen molar-refractivity contribution < 1.29 is 22.7 Å². The predicted octanol–water partition coefficient (Wildman–Crippen LogP) is 0.366. The van der Waals surface area contributed by atoms with E-state index in [9.17, 15) is 22.7 Å². The summed E-state index contributed by atoms with van der Waals surface area (Å²) in [6, 6.07) is 5.31. The number of carbonyl (C=O) groups is 1. The first-order valence-corrected chi connectivity index (χ1v) is 7.58. The minimum absolute atomic E-state index is 0.304. The number of carboxylic acid groups (broad SMARTS) is 1. The Morgan fingerprint density at radius 2 is 2.16 bits per heavy atom. The number of sulfone groups is 1. The number of nitrogens with two attached hydrogens (primary N) is 1. The van der Waals surface area contributed by atoms with Gasteiger partial charge in [0.15, 0.2) is 9.84 Å². The molecule has 1 saturated carbocycles. The summed E-state index contributed by atoms with van der Waals surface area (Å²) >= 11 is 0. The monoisotopic (exact) mass is 287 g/mol. The third kappa shape index (κ3) is 2.02. The quantitative estimate of drug-likeness (QED) is 0.833. The molecule has 1 fully saturated rings. The van der Waals surface area contributed by atoms with Gasteiger partial charge in [0.25, 0.3) is 0 Å². The highest BCUT2D eigenvalue weighted by Gasteiger charge is 2.74. The van der Waals surface area contributed by atoms with Crippen molar-refractivity contribution in [3.63, 3.8) is 0 Å². The van der Waals surface area contributed by atoms with E-state index in [1.165, 1.54) is 18.2 Å². The van der Waals surface area contributed by atoms with Crippen LogP contribution in [0, 0.1) is 11.2 Å². The van der Waals surface area contributed by atoms with Gasteiger partial charge in [0.05, 0.1) is 5.25 Å². The maximum Gasteiger partial charge on any atom is 0.312 e. The summed E-state index contributed by atoms with van der Waals surface area (Å²) in [6.45, 7) is -0.304. The molecular weight excluding hydrogens is 273 g/mol. The molecule has 1 aromatic rings. The van der Waals surface area contributed by atoms with Gasteiger partial charge < -0.3 is 10.8 Å². The molecule has 5 nitrogen and oxygen atoms in total. The van der Waals surface area contributed by atoms with Crippen LogP contribution in [0.5, 0.6) is 0 Å². The first-order chi connectivity index (χ1) is 8.75. The van der Waals surface area contributed by atoms with Crippen LogP contribution in [0.25, 0.3) is 0 Å². The molecule has 2 rings (SSSR count). The number of halogens is 1. The molecule has 0 aromatic heterocycles. The standard InChI is InChI=1S/C12H14FNO4S/c1-19(17,18)10-9(12(10,6-14)11(15)16)7-3-2-4-8(13)5-7/h2-5,9-10H,6,14H2,1H3,(H,15,16). The lowest BCUT2D eigenvalue weighted by Gasteiger charge is -2.09. The molecule has 1 aromatic carbocycles. The minimum Gasteiger partial charge on any atom is -0.481 e. The minimum atomic E-state index is -3.59. The topological polar surface area (TPSA) is 97.5 Å². The van der Waals surface area contributed by atoms with Gasteiger partial charge in [-0.2, -0.15) is 0 Å². The maximum atomic E-state index is 13.2. The van der Waals surface area contributed by atoms with Gasteiger partial charge in [-0.1, -0.05) is 12.1 Å². The molecule has 19 heavy (non-hydrogen) atoms. The van der Waals surface area contributed by atoms with Crippen LogP contribution in [-0.4, -0.2) is 37.5 Å². The number of benzene rings is 1. The fraction of sp³-hybridized carbons (Fsp3) is 0.417. The SMILES string of the molecule is CS(=O)(=O)C1C(c2cccc(F)c2)C1(CN)C(=O)O. The van der Waals surface area contributed by atoms with Crippen LogP contribution < -0.4 is 5.73 Å². The van der Waals surface area contributed by atoms with E-state index in [1.54, 1.807) is 0 Å². The summed E-state index contributed by atoms with van der Waals surface area (Å²) in [5, 5.41) is 8.19. The van der Waals surface area contributed by atoms with Crippen molar-refractivity contribution in [2.75, 3.05) is 12.8 Å². The van der Waals surface area contributed by atoms with Crippen molar-refractivity contribution in [3.8, 4) is 0 Å². The Kier molecular flexibility index (Phi) is 3.14. The van der Waals surface area contributed by atoms with E-state index in [2.05, 4.69) is 0 Å². The molecule has 3 N–H and O–H groups in total. The molecule has 1 aliphatic carbocycles. The lowest BCUT2D eigenvalue weighted by atomic mass is 9.99. The third-order valence-corrected chi connectivity index (χ3v) is 5.28. The van der Waals surface area contributed by atoms with Gasteiger partial charge in [-0.15, -0.1) is 0 Å². The molecular formula is C12H14FNO4S. The highest BCUT2D eigenvalue weighted by atomic mass is 32.2. The van der Waals surface area contributed by atoms with Crippen molar-refractivity contribution in [3.05, 3.63) is 35.6 Å². The second kappa shape index (κ2) is 4.28. The van der Waals surface area contributed by atoms with Crippen molar-refractivity contribution in [1.82, 2.24) is 0 Å². The molecule has 0 aliphatic heterocycles. The maximum absolute atomic E-state index is 13.2. The third-order valence-electron chi connectivity index (χ3n) is 3.66. The number of aliphatic carboxylic acids is 1. The van der Waals surface area contributed by atoms with Gasteiger partial charge in [-0.25, -0.2) is 12.8 Å². The summed E-state index contributed by atoms with van der Waals surface area (Å²) in [4.78, 5) is 11.4. The normalized spacial score (nSPS) is 30.1. The van der Waals surface area contributed by atoms with E-state index in [1.807, 2.05) is 0 Å². The number of rotatable bonds is 4. The van der Waals surface area contributed by atoms with E-state index in [0.29, 0.717) is 5.56 Å². The molecule has 104 valence electrons. The number of carboxylic acids is 1. The first kappa shape index (κ1) is 14.0. The van der Waals surface area contributed by atoms with Crippen LogP contribution in [0.1, 0.15) is 11.5 Å². The Labute approximate surface area is 110 Å². The summed E-state index contributed by atoms with van der Waals surface area (Å²) in [5.41, 5.74) is 4.28. The van der Waals surface area contributed by atoms with E-state index in [0.717, 1.165) is 12.3 Å². The van der Waals surface area contributed by atoms with Gasteiger partial charge in [0.2, 0.25) is 0 Å². The lowest BCUT2D eigenvalue weighted by Crippen LogP contribution is -2.31. The molecule has 0 saturated heterocycles. The zero-order chi connectivity index (χ0) is 14.4. The summed E-state index contributed by atoms with van der Waals surface area (Å²) < 4.78 is 36.7. The highest BCUT2D eigenvalue weighted by molar-refractivity contribution is 7.91. The van der Waals surface area contributed by atoms with Crippen molar-refractivity contribution in [2.24, 2.45) is 11.1 Å². The van der Waals surface area contributed by atoms with Crippen LogP contribution in [0.3, 0.4) is 0 Å². The number of hydrogen-bond acceptors (Lipinski definition) is 4. The Morgan fingerprint density at radius 3 is 2.53 bits per heavy atom. The Morgan fingerprint density at radius 1 is 1.53 bits per heavy atom. The smallest absolute Gasteiger partial charge is 0.312 e. The van der Waals surface area contributed by atoms with Crippen LogP contribution in [0.4, 0.5) is 4.39 Å². The van der Waals surface area contributed by atoms with Crippen LogP contribution in [0.2, 0.25) is 0 Å². The molecule has 3 unspecified atom stereocenters. The van der Waals surface area contributed by atoms with E-state index in [4.69, 9.17) is 5.73 Å². The predicted molar refractivity (Wildman–Crippen MR) is 66.9 cm³/mol. The van der Waals surface area contributed by atoms with Gasteiger partial charge >= 0.3 is 5.97 Å². The Balaban J connectivity index is 2.53. The van der Waals surface area contributed by atoms with Crippen LogP contribution >= 0.6 is 0 Å². The Bertz CT molecular complexity index is 630. The fourth-order valence-corrected chi connectivity index (χ4v) is 4.71. The second-order valence-electron chi connectivity index (χ2n) is 4.83. The fourth-order valence-electron chi connectivity index (χ4n) is 2.79. The number of hydrogen-bond donors (Lipinski definition) is 2. The molecule has 0 bridgehead atoms. The summed E-state index contributed by atoms with van der Waals surface area (Å²) in [5.74, 6) is -2.60. The van der Waals surface area contributed by atoms with Gasteiger partial charge in [0.1, 0.15) is 11.2 Å². The molecule has 0 amide bonds. The van der Waals surface area contributed by atoms with Crippen molar-refractivity contribution in [1.29, 1.82) is 0 Å². The zero-order valence-electron chi connectivity index (χ0n) is 10.2. The molecule has 0 spiro atoms. The largest absolute Gasteiger partial charge is 0.481 e. The summed E-state index contributed by atoms with van der Waals surface area (Å²) in [7, 11) is -3.59. The van der Waals surface area contributed by atoms with Crippen molar-refractivity contribution in [2.45, 2.75) is 11.2 Å². The molecule has 0 radical (unpaired) electrons. The summed E-state index contributed by atoms with van der Waals surface area (Å²) in [6.07, 6.45) is 0.977. The molecule has 0 heterocycles. The van der Waals surface area contributed by atoms with Crippen molar-refractivity contribution >= 4 is 15.8 Å². The average molecular weight is 287 g/mol. The van der Waals surface area contributed by atoms with E-state index >= 15 is 0 Å². The van der Waals surface area contributed by atoms with Gasteiger partial charge in [0, 0.05) is 18.7 Å². The molecule has 7 heteroatoms. The van der Waals surface area contributed by atoms with Crippen LogP contribution in [0.15, 0.2) is 24.3 Å². The lowest BCUT2D eigenvalue weighted by molar-refractivity contribution is -0.143. The average Bonchev–Trinajstić information content (AvgIpc) is 2.99. The van der Waals surface area contributed by atoms with Gasteiger partial charge in [-0.3, -0.25) is 4.79 Å². The second-order valence-corrected chi connectivity index (χ2v) is 7.00. The van der Waals surface area contributed by atoms with Crippen LogP contribution in [-0.2, 0) is 14.6 Å². The zero-order valence-corrected chi connectivity index (χ0v) is 11.0. The van der Waals surface area contributed by atoms with E-state index in [-0.39, 0.29) is 6.54 Å². The molecule has 1 aliphatic rings. The van der Waals surface area contributed by atoms with E-state index < -0.39 is 38.2 Å². The molecule has 3 atom stereocenters. The highest BCUT2D eigenvalue weighted by Crippen LogP contribution is 2.62. The Hall–Kier alpha value is -1.47.